The Kier molecular flexibility index (Phi) is 5.80. The smallest absolute Gasteiger partial charge is 0.225 e. The maximum atomic E-state index is 12.5. The van der Waals surface area contributed by atoms with Gasteiger partial charge in [0.1, 0.15) is 0 Å². The van der Waals surface area contributed by atoms with E-state index in [0.717, 1.165) is 30.5 Å². The zero-order valence-corrected chi connectivity index (χ0v) is 14.0. The summed E-state index contributed by atoms with van der Waals surface area (Å²) in [6, 6.07) is 9.47. The van der Waals surface area contributed by atoms with Crippen LogP contribution in [-0.4, -0.2) is 16.1 Å². The van der Waals surface area contributed by atoms with Crippen LogP contribution >= 0.6 is 12.4 Å². The van der Waals surface area contributed by atoms with Gasteiger partial charge in [0.25, 0.3) is 0 Å². The number of benzene rings is 1. The average Bonchev–Trinajstić information content (AvgIpc) is 3.04. The van der Waals surface area contributed by atoms with Gasteiger partial charge in [-0.3, -0.25) is 9.89 Å². The molecular weight excluding hydrogens is 312 g/mol. The van der Waals surface area contributed by atoms with E-state index in [-0.39, 0.29) is 36.3 Å². The fourth-order valence-electron chi connectivity index (χ4n) is 3.04. The van der Waals surface area contributed by atoms with Crippen molar-refractivity contribution >= 4 is 18.3 Å². The van der Waals surface area contributed by atoms with Gasteiger partial charge in [-0.05, 0) is 30.4 Å². The van der Waals surface area contributed by atoms with Crippen molar-refractivity contribution in [3.63, 3.8) is 0 Å². The van der Waals surface area contributed by atoms with Gasteiger partial charge in [-0.1, -0.05) is 37.3 Å². The quantitative estimate of drug-likeness (QED) is 0.803. The monoisotopic (exact) mass is 334 g/mol. The highest BCUT2D eigenvalue weighted by molar-refractivity contribution is 5.85. The first-order valence-corrected chi connectivity index (χ1v) is 7.80. The molecule has 0 bridgehead atoms. The van der Waals surface area contributed by atoms with Crippen LogP contribution in [0.25, 0.3) is 0 Å². The highest BCUT2D eigenvalue weighted by Crippen LogP contribution is 2.28. The van der Waals surface area contributed by atoms with Crippen molar-refractivity contribution in [3.8, 4) is 0 Å². The van der Waals surface area contributed by atoms with Gasteiger partial charge in [0, 0.05) is 6.04 Å². The first kappa shape index (κ1) is 17.5. The summed E-state index contributed by atoms with van der Waals surface area (Å²) in [5.74, 6) is -0.292. The maximum Gasteiger partial charge on any atom is 0.225 e. The van der Waals surface area contributed by atoms with Crippen molar-refractivity contribution in [1.82, 2.24) is 15.5 Å². The molecule has 3 atom stereocenters. The number of nitrogens with one attached hydrogen (secondary N) is 2. The summed E-state index contributed by atoms with van der Waals surface area (Å²) in [6.45, 7) is 1.88. The number of H-pyrrole nitrogens is 1. The van der Waals surface area contributed by atoms with Gasteiger partial charge in [-0.2, -0.15) is 5.10 Å². The van der Waals surface area contributed by atoms with Crippen LogP contribution in [-0.2, 0) is 11.2 Å². The van der Waals surface area contributed by atoms with Gasteiger partial charge < -0.3 is 11.1 Å². The molecule has 1 aliphatic rings. The number of rotatable bonds is 4. The number of nitrogens with two attached hydrogens (primary N) is 1. The third-order valence-corrected chi connectivity index (χ3v) is 4.49. The molecular formula is C17H23ClN4O. The Labute approximate surface area is 142 Å². The van der Waals surface area contributed by atoms with E-state index in [1.807, 2.05) is 43.5 Å². The van der Waals surface area contributed by atoms with Crippen LogP contribution in [0.1, 0.15) is 48.7 Å². The molecule has 6 heteroatoms. The lowest BCUT2D eigenvalue weighted by atomic mass is 9.91. The highest BCUT2D eigenvalue weighted by atomic mass is 35.5. The van der Waals surface area contributed by atoms with Gasteiger partial charge in [0.2, 0.25) is 5.91 Å². The minimum absolute atomic E-state index is 0. The van der Waals surface area contributed by atoms with Gasteiger partial charge in [0.05, 0.1) is 23.9 Å². The summed E-state index contributed by atoms with van der Waals surface area (Å²) in [5.41, 5.74) is 9.47. The minimum Gasteiger partial charge on any atom is -0.347 e. The molecule has 5 nitrogen and oxygen atoms in total. The Hall–Kier alpha value is -1.85. The predicted octanol–water partition coefficient (Wildman–Crippen LogP) is 2.66. The molecule has 1 aromatic heterocycles. The number of halogens is 1. The number of aromatic nitrogens is 2. The number of aryl methyl sites for hydroxylation is 1. The summed E-state index contributed by atoms with van der Waals surface area (Å²) in [4.78, 5) is 12.5. The number of amides is 1. The van der Waals surface area contributed by atoms with Crippen molar-refractivity contribution < 1.29 is 4.79 Å². The molecule has 1 aliphatic carbocycles. The SMILES string of the molecule is CC(C(=O)NC1CCCc2cn[nH]c21)C(N)c1ccccc1.Cl. The Morgan fingerprint density at radius 1 is 1.39 bits per heavy atom. The van der Waals surface area contributed by atoms with Crippen LogP contribution in [0, 0.1) is 5.92 Å². The molecule has 4 N–H and O–H groups in total. The molecule has 0 aliphatic heterocycles. The topological polar surface area (TPSA) is 83.8 Å². The van der Waals surface area contributed by atoms with E-state index in [4.69, 9.17) is 5.73 Å². The zero-order chi connectivity index (χ0) is 15.5. The number of fused-ring (bicyclic) bond motifs is 1. The van der Waals surface area contributed by atoms with Crippen molar-refractivity contribution in [2.24, 2.45) is 11.7 Å². The normalized spacial score (nSPS) is 19.1. The van der Waals surface area contributed by atoms with Crippen molar-refractivity contribution in [1.29, 1.82) is 0 Å². The summed E-state index contributed by atoms with van der Waals surface area (Å²) in [5, 5.41) is 10.2. The Balaban J connectivity index is 0.00000192. The summed E-state index contributed by atoms with van der Waals surface area (Å²) in [7, 11) is 0. The molecule has 1 heterocycles. The Morgan fingerprint density at radius 2 is 2.13 bits per heavy atom. The lowest BCUT2D eigenvalue weighted by molar-refractivity contribution is -0.126. The molecule has 3 unspecified atom stereocenters. The predicted molar refractivity (Wildman–Crippen MR) is 92.2 cm³/mol. The van der Waals surface area contributed by atoms with Crippen LogP contribution in [0.2, 0.25) is 0 Å². The second kappa shape index (κ2) is 7.62. The Morgan fingerprint density at radius 3 is 2.87 bits per heavy atom. The molecule has 0 saturated heterocycles. The lowest BCUT2D eigenvalue weighted by Gasteiger charge is -2.26. The molecule has 1 amide bonds. The third-order valence-electron chi connectivity index (χ3n) is 4.49. The number of nitrogens with zero attached hydrogens (tertiary/aromatic N) is 1. The molecule has 3 rings (SSSR count). The number of carbonyl (C=O) groups is 1. The Bertz CT molecular complexity index is 643. The van der Waals surface area contributed by atoms with E-state index in [1.165, 1.54) is 5.56 Å². The van der Waals surface area contributed by atoms with Gasteiger partial charge in [-0.25, -0.2) is 0 Å². The van der Waals surface area contributed by atoms with Crippen molar-refractivity contribution in [2.45, 2.75) is 38.3 Å². The second-order valence-electron chi connectivity index (χ2n) is 5.99. The van der Waals surface area contributed by atoms with E-state index in [0.29, 0.717) is 0 Å². The van der Waals surface area contributed by atoms with Gasteiger partial charge in [-0.15, -0.1) is 12.4 Å². The fourth-order valence-corrected chi connectivity index (χ4v) is 3.04. The molecule has 124 valence electrons. The van der Waals surface area contributed by atoms with Crippen molar-refractivity contribution in [2.75, 3.05) is 0 Å². The van der Waals surface area contributed by atoms with Crippen LogP contribution in [0.15, 0.2) is 36.5 Å². The van der Waals surface area contributed by atoms with Crippen molar-refractivity contribution in [3.05, 3.63) is 53.3 Å². The van der Waals surface area contributed by atoms with E-state index in [1.54, 1.807) is 0 Å². The number of carbonyl (C=O) groups excluding carboxylic acids is 1. The fraction of sp³-hybridized carbons (Fsp3) is 0.412. The minimum atomic E-state index is -0.300. The average molecular weight is 335 g/mol. The van der Waals surface area contributed by atoms with Gasteiger partial charge >= 0.3 is 0 Å². The summed E-state index contributed by atoms with van der Waals surface area (Å²) >= 11 is 0. The molecule has 0 radical (unpaired) electrons. The second-order valence-corrected chi connectivity index (χ2v) is 5.99. The van der Waals surface area contributed by atoms with Crippen LogP contribution < -0.4 is 11.1 Å². The molecule has 0 spiro atoms. The standard InChI is InChI=1S/C17H22N4O.ClH/c1-11(15(18)12-6-3-2-4-7-12)17(22)20-14-9-5-8-13-10-19-21-16(13)14;/h2-4,6-7,10-11,14-15H,5,8-9,18H2,1H3,(H,19,21)(H,20,22);1H. The molecule has 23 heavy (non-hydrogen) atoms. The van der Waals surface area contributed by atoms with E-state index >= 15 is 0 Å². The third kappa shape index (κ3) is 3.74. The van der Waals surface area contributed by atoms with E-state index < -0.39 is 0 Å². The van der Waals surface area contributed by atoms with Crippen LogP contribution in [0.5, 0.6) is 0 Å². The first-order valence-electron chi connectivity index (χ1n) is 7.80. The molecule has 0 saturated carbocycles. The summed E-state index contributed by atoms with van der Waals surface area (Å²) in [6.07, 6.45) is 4.88. The van der Waals surface area contributed by atoms with Crippen LogP contribution in [0.4, 0.5) is 0 Å². The lowest BCUT2D eigenvalue weighted by Crippen LogP contribution is -2.38. The van der Waals surface area contributed by atoms with E-state index in [2.05, 4.69) is 15.5 Å². The molecule has 0 fully saturated rings. The first-order chi connectivity index (χ1) is 10.7. The van der Waals surface area contributed by atoms with Gasteiger partial charge in [0.15, 0.2) is 0 Å². The number of hydrogen-bond donors (Lipinski definition) is 3. The maximum absolute atomic E-state index is 12.5. The highest BCUT2D eigenvalue weighted by Gasteiger charge is 2.28. The molecule has 1 aromatic carbocycles. The number of aromatic amines is 1. The zero-order valence-electron chi connectivity index (χ0n) is 13.2. The largest absolute Gasteiger partial charge is 0.347 e. The van der Waals surface area contributed by atoms with E-state index in [9.17, 15) is 4.79 Å². The molecule has 2 aromatic rings. The summed E-state index contributed by atoms with van der Waals surface area (Å²) < 4.78 is 0. The van der Waals surface area contributed by atoms with Crippen LogP contribution in [0.3, 0.4) is 0 Å². The number of hydrogen-bond acceptors (Lipinski definition) is 3.